The fourth-order valence-corrected chi connectivity index (χ4v) is 4.27. The molecule has 9 heteroatoms. The minimum Gasteiger partial charge on any atom is -0.508 e. The highest BCUT2D eigenvalue weighted by atomic mass is 35.5. The van der Waals surface area contributed by atoms with Gasteiger partial charge in [-0.3, -0.25) is 4.79 Å². The van der Waals surface area contributed by atoms with Gasteiger partial charge in [0.1, 0.15) is 12.4 Å². The van der Waals surface area contributed by atoms with Crippen molar-refractivity contribution in [2.75, 3.05) is 7.11 Å². The number of phenolic OH excluding ortho intramolecular Hbond substituents is 1. The number of nitrogens with one attached hydrogen (secondary N) is 1. The van der Waals surface area contributed by atoms with Crippen molar-refractivity contribution in [3.05, 3.63) is 86.7 Å². The van der Waals surface area contributed by atoms with E-state index in [2.05, 4.69) is 10.3 Å². The van der Waals surface area contributed by atoms with Crippen molar-refractivity contribution in [2.45, 2.75) is 6.61 Å². The number of thioether (sulfide) groups is 1. The Hall–Kier alpha value is -3.13. The quantitative estimate of drug-likeness (QED) is 0.395. The van der Waals surface area contributed by atoms with Crippen LogP contribution < -0.4 is 14.8 Å². The van der Waals surface area contributed by atoms with Crippen LogP contribution in [0.2, 0.25) is 10.0 Å². The number of phenols is 1. The average Bonchev–Trinajstić information content (AvgIpc) is 3.13. The summed E-state index contributed by atoms with van der Waals surface area (Å²) in [5, 5.41) is 13.7. The number of amides is 1. The highest BCUT2D eigenvalue weighted by Crippen LogP contribution is 2.33. The number of carbonyl (C=O) groups excluding carboxylic acids is 1. The molecular formula is C24H18Cl2N2O4S. The number of halogens is 2. The molecule has 33 heavy (non-hydrogen) atoms. The molecule has 0 atom stereocenters. The minimum absolute atomic E-state index is 0.153. The number of aliphatic imine (C=N–C) groups is 1. The fraction of sp³-hybridized carbons (Fsp3) is 0.0833. The zero-order chi connectivity index (χ0) is 23.4. The molecule has 0 radical (unpaired) electrons. The molecule has 1 saturated heterocycles. The van der Waals surface area contributed by atoms with Crippen molar-refractivity contribution in [3.63, 3.8) is 0 Å². The number of hydrogen-bond donors (Lipinski definition) is 2. The molecule has 2 N–H and O–H groups in total. The van der Waals surface area contributed by atoms with Crippen molar-refractivity contribution >= 4 is 57.8 Å². The van der Waals surface area contributed by atoms with Gasteiger partial charge in [0.2, 0.25) is 0 Å². The maximum absolute atomic E-state index is 12.4. The lowest BCUT2D eigenvalue weighted by atomic mass is 10.2. The van der Waals surface area contributed by atoms with E-state index in [0.29, 0.717) is 37.3 Å². The first-order chi connectivity index (χ1) is 15.9. The van der Waals surface area contributed by atoms with Gasteiger partial charge in [0.05, 0.1) is 17.7 Å². The van der Waals surface area contributed by atoms with Gasteiger partial charge in [0, 0.05) is 15.6 Å². The molecule has 1 fully saturated rings. The molecule has 3 aromatic rings. The Morgan fingerprint density at radius 2 is 1.85 bits per heavy atom. The maximum Gasteiger partial charge on any atom is 0.264 e. The van der Waals surface area contributed by atoms with Crippen LogP contribution in [0.15, 0.2) is 70.6 Å². The summed E-state index contributed by atoms with van der Waals surface area (Å²) >= 11 is 13.4. The molecule has 6 nitrogen and oxygen atoms in total. The maximum atomic E-state index is 12.4. The summed E-state index contributed by atoms with van der Waals surface area (Å²) in [7, 11) is 1.55. The Kier molecular flexibility index (Phi) is 7.13. The molecule has 1 heterocycles. The molecule has 3 aromatic carbocycles. The summed E-state index contributed by atoms with van der Waals surface area (Å²) in [6.45, 7) is 0.252. The average molecular weight is 501 g/mol. The number of amidine groups is 1. The Morgan fingerprint density at radius 3 is 2.58 bits per heavy atom. The third kappa shape index (κ3) is 5.82. The van der Waals surface area contributed by atoms with E-state index in [1.165, 1.54) is 23.9 Å². The van der Waals surface area contributed by atoms with Gasteiger partial charge in [-0.15, -0.1) is 0 Å². The van der Waals surface area contributed by atoms with E-state index >= 15 is 0 Å². The van der Waals surface area contributed by atoms with Crippen molar-refractivity contribution in [3.8, 4) is 17.2 Å². The molecule has 0 aromatic heterocycles. The first-order valence-electron chi connectivity index (χ1n) is 9.74. The van der Waals surface area contributed by atoms with Crippen LogP contribution in [0.5, 0.6) is 17.2 Å². The highest BCUT2D eigenvalue weighted by Gasteiger charge is 2.24. The zero-order valence-corrected chi connectivity index (χ0v) is 19.7. The highest BCUT2D eigenvalue weighted by molar-refractivity contribution is 8.18. The summed E-state index contributed by atoms with van der Waals surface area (Å²) in [5.41, 5.74) is 2.20. The Bertz CT molecular complexity index is 1260. The number of aromatic hydroxyl groups is 1. The van der Waals surface area contributed by atoms with Crippen LogP contribution in [-0.2, 0) is 11.4 Å². The lowest BCUT2D eigenvalue weighted by molar-refractivity contribution is -0.115. The molecule has 0 aliphatic carbocycles. The number of hydrogen-bond acceptors (Lipinski definition) is 6. The number of carbonyl (C=O) groups is 1. The normalized spacial score (nSPS) is 15.7. The largest absolute Gasteiger partial charge is 0.508 e. The minimum atomic E-state index is -0.241. The van der Waals surface area contributed by atoms with Gasteiger partial charge in [-0.05, 0) is 71.9 Å². The summed E-state index contributed by atoms with van der Waals surface area (Å²) in [6.07, 6.45) is 1.75. The van der Waals surface area contributed by atoms with Gasteiger partial charge < -0.3 is 19.9 Å². The Labute approximate surface area is 204 Å². The molecule has 0 spiro atoms. The van der Waals surface area contributed by atoms with Crippen LogP contribution in [0.25, 0.3) is 6.08 Å². The van der Waals surface area contributed by atoms with Crippen molar-refractivity contribution in [1.82, 2.24) is 5.32 Å². The van der Waals surface area contributed by atoms with Gasteiger partial charge in [0.25, 0.3) is 5.91 Å². The smallest absolute Gasteiger partial charge is 0.264 e. The predicted molar refractivity (Wildman–Crippen MR) is 133 cm³/mol. The molecule has 1 amide bonds. The summed E-state index contributed by atoms with van der Waals surface area (Å²) in [6, 6.07) is 17.0. The molecule has 168 valence electrons. The third-order valence-electron chi connectivity index (χ3n) is 4.61. The van der Waals surface area contributed by atoms with Gasteiger partial charge in [-0.1, -0.05) is 35.3 Å². The molecule has 1 aliphatic rings. The number of rotatable bonds is 6. The van der Waals surface area contributed by atoms with Gasteiger partial charge in [-0.2, -0.15) is 0 Å². The Balaban J connectivity index is 1.48. The van der Waals surface area contributed by atoms with E-state index in [1.807, 2.05) is 12.1 Å². The number of benzene rings is 3. The van der Waals surface area contributed by atoms with E-state index in [0.717, 1.165) is 11.1 Å². The SMILES string of the molecule is COc1cc(C=C2SC(=Nc3ccc(O)cc3)NC2=O)ccc1OCc1ccc(Cl)cc1Cl. The van der Waals surface area contributed by atoms with Crippen LogP contribution >= 0.6 is 35.0 Å². The van der Waals surface area contributed by atoms with E-state index in [9.17, 15) is 9.90 Å². The molecule has 0 unspecified atom stereocenters. The second-order valence-corrected chi connectivity index (χ2v) is 8.81. The summed E-state index contributed by atoms with van der Waals surface area (Å²) in [4.78, 5) is 17.3. The van der Waals surface area contributed by atoms with Crippen LogP contribution in [-0.4, -0.2) is 23.3 Å². The van der Waals surface area contributed by atoms with Crippen molar-refractivity contribution in [2.24, 2.45) is 4.99 Å². The number of nitrogens with zero attached hydrogens (tertiary/aromatic N) is 1. The third-order valence-corrected chi connectivity index (χ3v) is 6.11. The van der Waals surface area contributed by atoms with Crippen LogP contribution in [0.3, 0.4) is 0 Å². The molecule has 0 saturated carbocycles. The monoisotopic (exact) mass is 500 g/mol. The van der Waals surface area contributed by atoms with Gasteiger partial charge in [-0.25, -0.2) is 4.99 Å². The van der Waals surface area contributed by atoms with Gasteiger partial charge in [0.15, 0.2) is 16.7 Å². The topological polar surface area (TPSA) is 80.2 Å². The lowest BCUT2D eigenvalue weighted by Crippen LogP contribution is -2.19. The van der Waals surface area contributed by atoms with Crippen molar-refractivity contribution in [1.29, 1.82) is 0 Å². The molecule has 1 aliphatic heterocycles. The first kappa shape index (κ1) is 23.0. The summed E-state index contributed by atoms with van der Waals surface area (Å²) < 4.78 is 11.3. The fourth-order valence-electron chi connectivity index (χ4n) is 2.96. The van der Waals surface area contributed by atoms with Gasteiger partial charge >= 0.3 is 0 Å². The predicted octanol–water partition coefficient (Wildman–Crippen LogP) is 6.18. The summed E-state index contributed by atoms with van der Waals surface area (Å²) in [5.74, 6) is 0.981. The zero-order valence-electron chi connectivity index (χ0n) is 17.3. The number of methoxy groups -OCH3 is 1. The first-order valence-corrected chi connectivity index (χ1v) is 11.3. The van der Waals surface area contributed by atoms with E-state index in [4.69, 9.17) is 32.7 Å². The Morgan fingerprint density at radius 1 is 1.06 bits per heavy atom. The molecule has 0 bridgehead atoms. The van der Waals surface area contributed by atoms with Crippen LogP contribution in [0.4, 0.5) is 5.69 Å². The second-order valence-electron chi connectivity index (χ2n) is 6.93. The molecule has 4 rings (SSSR count). The van der Waals surface area contributed by atoms with E-state index in [-0.39, 0.29) is 18.3 Å². The molecular weight excluding hydrogens is 483 g/mol. The lowest BCUT2D eigenvalue weighted by Gasteiger charge is -2.12. The van der Waals surface area contributed by atoms with Crippen molar-refractivity contribution < 1.29 is 19.4 Å². The number of ether oxygens (including phenoxy) is 2. The second kappa shape index (κ2) is 10.2. The van der Waals surface area contributed by atoms with E-state index < -0.39 is 0 Å². The van der Waals surface area contributed by atoms with Crippen LogP contribution in [0.1, 0.15) is 11.1 Å². The van der Waals surface area contributed by atoms with Crippen LogP contribution in [0, 0.1) is 0 Å². The standard InChI is InChI=1S/C24H18Cl2N2O4S/c1-31-21-10-14(2-9-20(21)32-13-15-3-4-16(25)12-19(15)26)11-22-23(30)28-24(33-22)27-17-5-7-18(29)8-6-17/h2-12,29H,13H2,1H3,(H,27,28,30). The van der Waals surface area contributed by atoms with E-state index in [1.54, 1.807) is 49.6 Å².